The van der Waals surface area contributed by atoms with E-state index >= 15 is 0 Å². The first-order valence-electron chi connectivity index (χ1n) is 8.20. The van der Waals surface area contributed by atoms with Gasteiger partial charge in [0.15, 0.2) is 0 Å². The van der Waals surface area contributed by atoms with E-state index in [2.05, 4.69) is 10.3 Å². The number of aryl methyl sites for hydroxylation is 2. The Bertz CT molecular complexity index is 1090. The largest absolute Gasteiger partial charge is 0.416 e. The van der Waals surface area contributed by atoms with Gasteiger partial charge in [-0.2, -0.15) is 13.2 Å². The van der Waals surface area contributed by atoms with Gasteiger partial charge in [-0.25, -0.2) is 4.98 Å². The fourth-order valence-corrected chi connectivity index (χ4v) is 2.81. The molecule has 3 rings (SSSR count). The van der Waals surface area contributed by atoms with Crippen LogP contribution in [0.4, 0.5) is 18.9 Å². The second-order valence-electron chi connectivity index (χ2n) is 5.98. The third-order valence-corrected chi connectivity index (χ3v) is 4.14. The van der Waals surface area contributed by atoms with Crippen molar-refractivity contribution in [3.05, 3.63) is 69.6 Å². The average molecular weight is 375 g/mol. The molecule has 0 radical (unpaired) electrons. The molecule has 1 amide bonds. The quantitative estimate of drug-likeness (QED) is 0.753. The van der Waals surface area contributed by atoms with Crippen molar-refractivity contribution in [1.29, 1.82) is 0 Å². The number of rotatable bonds is 3. The van der Waals surface area contributed by atoms with Crippen LogP contribution in [0.1, 0.15) is 28.5 Å². The number of carbonyl (C=O) groups is 1. The van der Waals surface area contributed by atoms with Crippen LogP contribution in [0.25, 0.3) is 11.0 Å². The molecule has 0 aliphatic rings. The molecule has 2 aromatic carbocycles. The molecule has 8 heteroatoms. The zero-order valence-electron chi connectivity index (χ0n) is 14.6. The van der Waals surface area contributed by atoms with Crippen molar-refractivity contribution < 1.29 is 18.0 Å². The molecule has 0 atom stereocenters. The minimum atomic E-state index is -4.49. The number of nitrogens with one attached hydrogen (secondary N) is 1. The molecular weight excluding hydrogens is 359 g/mol. The molecule has 5 nitrogen and oxygen atoms in total. The van der Waals surface area contributed by atoms with Crippen LogP contribution in [0.3, 0.4) is 0 Å². The molecule has 27 heavy (non-hydrogen) atoms. The van der Waals surface area contributed by atoms with Crippen LogP contribution in [0.2, 0.25) is 0 Å². The van der Waals surface area contributed by atoms with Crippen molar-refractivity contribution in [3.8, 4) is 0 Å². The summed E-state index contributed by atoms with van der Waals surface area (Å²) in [4.78, 5) is 28.8. The Morgan fingerprint density at radius 1 is 1.19 bits per heavy atom. The molecule has 0 spiro atoms. The van der Waals surface area contributed by atoms with Crippen molar-refractivity contribution in [2.24, 2.45) is 0 Å². The van der Waals surface area contributed by atoms with Crippen LogP contribution >= 0.6 is 0 Å². The van der Waals surface area contributed by atoms with E-state index in [1.165, 1.54) is 24.3 Å². The molecule has 140 valence electrons. The van der Waals surface area contributed by atoms with Crippen molar-refractivity contribution in [1.82, 2.24) is 9.55 Å². The van der Waals surface area contributed by atoms with Crippen LogP contribution in [0.15, 0.2) is 47.3 Å². The minimum Gasteiger partial charge on any atom is -0.322 e. The van der Waals surface area contributed by atoms with Crippen LogP contribution in [0, 0.1) is 6.92 Å². The predicted octanol–water partition coefficient (Wildman–Crippen LogP) is 4.00. The maximum Gasteiger partial charge on any atom is 0.416 e. The lowest BCUT2D eigenvalue weighted by Crippen LogP contribution is -2.23. The molecule has 0 saturated heterocycles. The van der Waals surface area contributed by atoms with Crippen molar-refractivity contribution in [3.63, 3.8) is 0 Å². The third kappa shape index (κ3) is 3.69. The van der Waals surface area contributed by atoms with Gasteiger partial charge in [-0.05, 0) is 50.2 Å². The molecule has 1 aromatic heterocycles. The first kappa shape index (κ1) is 18.6. The fraction of sp³-hybridized carbons (Fsp3) is 0.211. The number of alkyl halides is 3. The zero-order chi connectivity index (χ0) is 19.8. The standard InChI is InChI=1S/C19H16F3N3O2/c1-3-25-16-8-7-12(9-15(16)23-11(2)18(25)27)17(26)24-14-6-4-5-13(10-14)19(20,21)22/h4-10H,3H2,1-2H3,(H,24,26). The normalized spacial score (nSPS) is 11.6. The van der Waals surface area contributed by atoms with Crippen LogP contribution in [-0.4, -0.2) is 15.5 Å². The number of amides is 1. The smallest absolute Gasteiger partial charge is 0.322 e. The summed E-state index contributed by atoms with van der Waals surface area (Å²) in [5, 5.41) is 2.45. The molecule has 0 unspecified atom stereocenters. The van der Waals surface area contributed by atoms with Crippen LogP contribution < -0.4 is 10.9 Å². The molecular formula is C19H16F3N3O2. The van der Waals surface area contributed by atoms with Gasteiger partial charge < -0.3 is 9.88 Å². The summed E-state index contributed by atoms with van der Waals surface area (Å²) in [6.45, 7) is 3.87. The van der Waals surface area contributed by atoms with E-state index in [9.17, 15) is 22.8 Å². The van der Waals surface area contributed by atoms with E-state index in [1.807, 2.05) is 6.92 Å². The number of anilines is 1. The topological polar surface area (TPSA) is 64.0 Å². The van der Waals surface area contributed by atoms with Crippen LogP contribution in [-0.2, 0) is 12.7 Å². The molecule has 0 aliphatic carbocycles. The summed E-state index contributed by atoms with van der Waals surface area (Å²) in [5.41, 5.74) is 0.578. The predicted molar refractivity (Wildman–Crippen MR) is 95.8 cm³/mol. The zero-order valence-corrected chi connectivity index (χ0v) is 14.6. The average Bonchev–Trinajstić information content (AvgIpc) is 2.62. The molecule has 0 aliphatic heterocycles. The number of halogens is 3. The van der Waals surface area contributed by atoms with E-state index in [4.69, 9.17) is 0 Å². The summed E-state index contributed by atoms with van der Waals surface area (Å²) in [6.07, 6.45) is -4.49. The number of nitrogens with zero attached hydrogens (tertiary/aromatic N) is 2. The van der Waals surface area contributed by atoms with Crippen LogP contribution in [0.5, 0.6) is 0 Å². The van der Waals surface area contributed by atoms with Gasteiger partial charge in [-0.3, -0.25) is 9.59 Å². The Kier molecular flexibility index (Phi) is 4.73. The number of fused-ring (bicyclic) bond motifs is 1. The van der Waals surface area contributed by atoms with Gasteiger partial charge in [0.2, 0.25) is 0 Å². The maximum atomic E-state index is 12.8. The number of benzene rings is 2. The summed E-state index contributed by atoms with van der Waals surface area (Å²) >= 11 is 0. The molecule has 1 heterocycles. The maximum absolute atomic E-state index is 12.8. The van der Waals surface area contributed by atoms with Gasteiger partial charge >= 0.3 is 6.18 Å². The first-order valence-corrected chi connectivity index (χ1v) is 8.20. The van der Waals surface area contributed by atoms with Gasteiger partial charge in [0.05, 0.1) is 16.6 Å². The van der Waals surface area contributed by atoms with Crippen molar-refractivity contribution in [2.45, 2.75) is 26.6 Å². The fourth-order valence-electron chi connectivity index (χ4n) is 2.81. The van der Waals surface area contributed by atoms with Gasteiger partial charge in [0.25, 0.3) is 11.5 Å². The van der Waals surface area contributed by atoms with Crippen molar-refractivity contribution >= 4 is 22.6 Å². The molecule has 0 bridgehead atoms. The summed E-state index contributed by atoms with van der Waals surface area (Å²) in [7, 11) is 0. The number of carbonyl (C=O) groups excluding carboxylic acids is 1. The van der Waals surface area contributed by atoms with E-state index in [-0.39, 0.29) is 16.8 Å². The van der Waals surface area contributed by atoms with E-state index in [1.54, 1.807) is 17.6 Å². The van der Waals surface area contributed by atoms with Gasteiger partial charge in [0.1, 0.15) is 5.69 Å². The van der Waals surface area contributed by atoms with Gasteiger partial charge in [0, 0.05) is 17.8 Å². The Labute approximate surface area is 152 Å². The van der Waals surface area contributed by atoms with Gasteiger partial charge in [-0.1, -0.05) is 6.07 Å². The Balaban J connectivity index is 1.95. The Morgan fingerprint density at radius 3 is 2.59 bits per heavy atom. The Hall–Kier alpha value is -3.16. The number of hydrogen-bond acceptors (Lipinski definition) is 3. The lowest BCUT2D eigenvalue weighted by molar-refractivity contribution is -0.137. The summed E-state index contributed by atoms with van der Waals surface area (Å²) < 4.78 is 39.9. The molecule has 0 fully saturated rings. The molecule has 3 aromatic rings. The minimum absolute atomic E-state index is 0.0394. The highest BCUT2D eigenvalue weighted by molar-refractivity contribution is 6.05. The van der Waals surface area contributed by atoms with E-state index in [0.29, 0.717) is 23.3 Å². The SMILES string of the molecule is CCn1c(=O)c(C)nc2cc(C(=O)Nc3cccc(C(F)(F)F)c3)ccc21. The summed E-state index contributed by atoms with van der Waals surface area (Å²) in [6, 6.07) is 9.03. The second kappa shape index (κ2) is 6.86. The van der Waals surface area contributed by atoms with E-state index in [0.717, 1.165) is 12.1 Å². The molecule has 0 saturated carbocycles. The number of hydrogen-bond donors (Lipinski definition) is 1. The lowest BCUT2D eigenvalue weighted by atomic mass is 10.1. The third-order valence-electron chi connectivity index (χ3n) is 4.14. The summed E-state index contributed by atoms with van der Waals surface area (Å²) in [5.74, 6) is -0.565. The lowest BCUT2D eigenvalue weighted by Gasteiger charge is -2.11. The highest BCUT2D eigenvalue weighted by Crippen LogP contribution is 2.30. The molecule has 1 N–H and O–H groups in total. The second-order valence-corrected chi connectivity index (χ2v) is 5.98. The monoisotopic (exact) mass is 375 g/mol. The highest BCUT2D eigenvalue weighted by Gasteiger charge is 2.30. The Morgan fingerprint density at radius 2 is 1.93 bits per heavy atom. The highest BCUT2D eigenvalue weighted by atomic mass is 19.4. The van der Waals surface area contributed by atoms with Crippen molar-refractivity contribution in [2.75, 3.05) is 5.32 Å². The number of aromatic nitrogens is 2. The van der Waals surface area contributed by atoms with Gasteiger partial charge in [-0.15, -0.1) is 0 Å². The first-order chi connectivity index (χ1) is 12.7. The van der Waals surface area contributed by atoms with E-state index < -0.39 is 17.6 Å².